The third kappa shape index (κ3) is 3.05. The first-order chi connectivity index (χ1) is 8.83. The average Bonchev–Trinajstić information content (AvgIpc) is 2.81. The summed E-state index contributed by atoms with van der Waals surface area (Å²) in [5.41, 5.74) is 0.131. The summed E-state index contributed by atoms with van der Waals surface area (Å²) < 4.78 is 27.7. The molecular weight excluding hydrogens is 278 g/mol. The molecule has 0 fully saturated rings. The van der Waals surface area contributed by atoms with Crippen LogP contribution < -0.4 is 4.72 Å². The van der Waals surface area contributed by atoms with Gasteiger partial charge >= 0.3 is 0 Å². The first-order valence-electron chi connectivity index (χ1n) is 5.96. The first-order valence-corrected chi connectivity index (χ1v) is 8.33. The Hall–Kier alpha value is -1.17. The van der Waals surface area contributed by atoms with Crippen LogP contribution in [-0.4, -0.2) is 8.42 Å². The summed E-state index contributed by atoms with van der Waals surface area (Å²) in [5, 5.41) is 1.94. The van der Waals surface area contributed by atoms with Crippen LogP contribution in [0.2, 0.25) is 0 Å². The Morgan fingerprint density at radius 2 is 1.79 bits per heavy atom. The van der Waals surface area contributed by atoms with E-state index < -0.39 is 15.6 Å². The van der Waals surface area contributed by atoms with Crippen LogP contribution in [0.15, 0.2) is 46.7 Å². The van der Waals surface area contributed by atoms with E-state index in [4.69, 9.17) is 0 Å². The Bertz CT molecular complexity index is 659. The van der Waals surface area contributed by atoms with Gasteiger partial charge in [-0.3, -0.25) is 0 Å². The molecule has 2 aromatic rings. The number of aryl methyl sites for hydroxylation is 1. The van der Waals surface area contributed by atoms with Crippen molar-refractivity contribution < 1.29 is 8.42 Å². The Labute approximate surface area is 118 Å². The van der Waals surface area contributed by atoms with Gasteiger partial charge in [-0.25, -0.2) is 13.1 Å². The van der Waals surface area contributed by atoms with Gasteiger partial charge in [0.25, 0.3) is 0 Å². The lowest BCUT2D eigenvalue weighted by atomic mass is 10.1. The highest BCUT2D eigenvalue weighted by atomic mass is 32.2. The molecule has 19 heavy (non-hydrogen) atoms. The van der Waals surface area contributed by atoms with Gasteiger partial charge in [0.05, 0.1) is 10.4 Å². The predicted octanol–water partition coefficient (Wildman–Crippen LogP) is 3.27. The van der Waals surface area contributed by atoms with Crippen LogP contribution in [0.1, 0.15) is 24.3 Å². The van der Waals surface area contributed by atoms with Crippen LogP contribution in [0, 0.1) is 6.92 Å². The zero-order chi connectivity index (χ0) is 14.1. The largest absolute Gasteiger partial charge is 0.241 e. The van der Waals surface area contributed by atoms with Crippen molar-refractivity contribution in [2.75, 3.05) is 0 Å². The van der Waals surface area contributed by atoms with Crippen molar-refractivity contribution in [1.82, 2.24) is 4.72 Å². The van der Waals surface area contributed by atoms with Crippen molar-refractivity contribution in [2.24, 2.45) is 0 Å². The van der Waals surface area contributed by atoms with Crippen LogP contribution in [-0.2, 0) is 15.6 Å². The molecule has 0 aliphatic carbocycles. The number of hydrogen-bond donors (Lipinski definition) is 1. The minimum absolute atomic E-state index is 0.333. The fourth-order valence-electron chi connectivity index (χ4n) is 1.93. The molecule has 0 saturated heterocycles. The molecule has 0 spiro atoms. The summed E-state index contributed by atoms with van der Waals surface area (Å²) in [6, 6.07) is 10.8. The maximum absolute atomic E-state index is 12.5. The van der Waals surface area contributed by atoms with E-state index in [-0.39, 0.29) is 0 Å². The van der Waals surface area contributed by atoms with Gasteiger partial charge in [-0.15, -0.1) is 11.3 Å². The van der Waals surface area contributed by atoms with Crippen molar-refractivity contribution in [2.45, 2.75) is 31.2 Å². The van der Waals surface area contributed by atoms with Crippen molar-refractivity contribution >= 4 is 21.4 Å². The van der Waals surface area contributed by atoms with E-state index in [2.05, 4.69) is 4.72 Å². The molecule has 1 N–H and O–H groups in total. The number of thiophene rings is 1. The molecule has 0 unspecified atom stereocenters. The van der Waals surface area contributed by atoms with Crippen LogP contribution in [0.4, 0.5) is 0 Å². The number of nitrogens with one attached hydrogen (secondary N) is 1. The van der Waals surface area contributed by atoms with Crippen LogP contribution >= 0.6 is 11.3 Å². The lowest BCUT2D eigenvalue weighted by Crippen LogP contribution is -2.40. The molecule has 1 aromatic carbocycles. The van der Waals surface area contributed by atoms with Crippen LogP contribution in [0.5, 0.6) is 0 Å². The summed E-state index contributed by atoms with van der Waals surface area (Å²) in [4.78, 5) is 1.32. The van der Waals surface area contributed by atoms with Gasteiger partial charge in [0.1, 0.15) is 0 Å². The molecule has 5 heteroatoms. The lowest BCUT2D eigenvalue weighted by molar-refractivity contribution is 0.479. The van der Waals surface area contributed by atoms with Gasteiger partial charge in [-0.05, 0) is 43.8 Å². The Kier molecular flexibility index (Phi) is 3.80. The fourth-order valence-corrected chi connectivity index (χ4v) is 4.45. The molecule has 2 rings (SSSR count). The molecule has 0 aliphatic heterocycles. The maximum atomic E-state index is 12.5. The SMILES string of the molecule is Cc1ccccc1S(=O)(=O)NC(C)(C)c1cccs1. The van der Waals surface area contributed by atoms with Gasteiger partial charge in [0.2, 0.25) is 10.0 Å². The van der Waals surface area contributed by atoms with Crippen LogP contribution in [0.3, 0.4) is 0 Å². The summed E-state index contributed by atoms with van der Waals surface area (Å²) in [7, 11) is -3.52. The van der Waals surface area contributed by atoms with E-state index >= 15 is 0 Å². The van der Waals surface area contributed by atoms with Gasteiger partial charge < -0.3 is 0 Å². The van der Waals surface area contributed by atoms with E-state index in [1.54, 1.807) is 36.5 Å². The van der Waals surface area contributed by atoms with Gasteiger partial charge in [0, 0.05) is 4.88 Å². The second-order valence-electron chi connectivity index (χ2n) is 4.97. The number of sulfonamides is 1. The van der Waals surface area contributed by atoms with Crippen molar-refractivity contribution in [3.8, 4) is 0 Å². The highest BCUT2D eigenvalue weighted by molar-refractivity contribution is 7.89. The minimum atomic E-state index is -3.52. The molecule has 3 nitrogen and oxygen atoms in total. The van der Waals surface area contributed by atoms with E-state index in [0.717, 1.165) is 10.4 Å². The highest BCUT2D eigenvalue weighted by Crippen LogP contribution is 2.27. The zero-order valence-corrected chi connectivity index (χ0v) is 12.8. The summed E-state index contributed by atoms with van der Waals surface area (Å²) in [6.45, 7) is 5.54. The smallest absolute Gasteiger partial charge is 0.207 e. The maximum Gasteiger partial charge on any atom is 0.241 e. The monoisotopic (exact) mass is 295 g/mol. The summed E-state index contributed by atoms with van der Waals surface area (Å²) in [5.74, 6) is 0. The van der Waals surface area contributed by atoms with E-state index in [1.165, 1.54) is 0 Å². The second kappa shape index (κ2) is 5.07. The number of benzene rings is 1. The zero-order valence-electron chi connectivity index (χ0n) is 11.2. The fraction of sp³-hybridized carbons (Fsp3) is 0.286. The van der Waals surface area contributed by atoms with Gasteiger partial charge in [-0.2, -0.15) is 0 Å². The minimum Gasteiger partial charge on any atom is -0.207 e. The molecule has 0 radical (unpaired) electrons. The molecule has 102 valence electrons. The molecular formula is C14H17NO2S2. The van der Waals surface area contributed by atoms with Gasteiger partial charge in [-0.1, -0.05) is 24.3 Å². The Morgan fingerprint density at radius 1 is 1.11 bits per heavy atom. The van der Waals surface area contributed by atoms with E-state index in [1.807, 2.05) is 37.4 Å². The third-order valence-corrected chi connectivity index (χ3v) is 5.92. The van der Waals surface area contributed by atoms with Crippen LogP contribution in [0.25, 0.3) is 0 Å². The Balaban J connectivity index is 2.35. The number of rotatable bonds is 4. The number of hydrogen-bond acceptors (Lipinski definition) is 3. The van der Waals surface area contributed by atoms with E-state index in [9.17, 15) is 8.42 Å². The standard InChI is InChI=1S/C14H17NO2S2/c1-11-7-4-5-8-12(11)19(16,17)15-14(2,3)13-9-6-10-18-13/h4-10,15H,1-3H3. The third-order valence-electron chi connectivity index (χ3n) is 2.91. The van der Waals surface area contributed by atoms with Crippen molar-refractivity contribution in [3.63, 3.8) is 0 Å². The quantitative estimate of drug-likeness (QED) is 0.941. The molecule has 0 atom stereocenters. The Morgan fingerprint density at radius 3 is 2.37 bits per heavy atom. The molecule has 0 bridgehead atoms. The summed E-state index contributed by atoms with van der Waals surface area (Å²) in [6.07, 6.45) is 0. The van der Waals surface area contributed by atoms with Crippen molar-refractivity contribution in [1.29, 1.82) is 0 Å². The van der Waals surface area contributed by atoms with Gasteiger partial charge in [0.15, 0.2) is 0 Å². The lowest BCUT2D eigenvalue weighted by Gasteiger charge is -2.25. The van der Waals surface area contributed by atoms with Crippen molar-refractivity contribution in [3.05, 3.63) is 52.2 Å². The average molecular weight is 295 g/mol. The molecule has 0 aliphatic rings. The predicted molar refractivity (Wildman–Crippen MR) is 78.8 cm³/mol. The second-order valence-corrected chi connectivity index (χ2v) is 7.57. The molecule has 1 aromatic heterocycles. The summed E-state index contributed by atoms with van der Waals surface area (Å²) >= 11 is 1.54. The first kappa shape index (κ1) is 14.2. The molecule has 0 saturated carbocycles. The topological polar surface area (TPSA) is 46.2 Å². The normalized spacial score (nSPS) is 12.6. The molecule has 1 heterocycles. The van der Waals surface area contributed by atoms with E-state index in [0.29, 0.717) is 4.90 Å². The highest BCUT2D eigenvalue weighted by Gasteiger charge is 2.29. The molecule has 0 amide bonds.